The average molecular weight is 389 g/mol. The molecule has 1 N–H and O–H groups in total. The smallest absolute Gasteiger partial charge is 0.293 e. The maximum Gasteiger partial charge on any atom is 0.293 e. The minimum absolute atomic E-state index is 0.0122. The number of nitrogens with one attached hydrogen (secondary N) is 1. The first-order valence-corrected chi connectivity index (χ1v) is 9.25. The van der Waals surface area contributed by atoms with Crippen LogP contribution >= 0.6 is 0 Å². The molecule has 1 fully saturated rings. The van der Waals surface area contributed by atoms with Gasteiger partial charge < -0.3 is 14.6 Å². The van der Waals surface area contributed by atoms with Gasteiger partial charge in [0.05, 0.1) is 34.7 Å². The van der Waals surface area contributed by atoms with Crippen molar-refractivity contribution in [2.75, 3.05) is 31.2 Å². The van der Waals surface area contributed by atoms with Crippen molar-refractivity contribution in [1.29, 1.82) is 5.26 Å². The fraction of sp³-hybridized carbons (Fsp3) is 0.238. The maximum absolute atomic E-state index is 11.6. The van der Waals surface area contributed by atoms with Crippen LogP contribution in [0.25, 0.3) is 22.7 Å². The number of benzene rings is 2. The average Bonchev–Trinajstić information content (AvgIpc) is 3.15. The van der Waals surface area contributed by atoms with Gasteiger partial charge in [0.1, 0.15) is 17.6 Å². The van der Waals surface area contributed by atoms with Gasteiger partial charge in [0, 0.05) is 19.2 Å². The maximum atomic E-state index is 11.6. The van der Waals surface area contributed by atoms with Crippen molar-refractivity contribution in [1.82, 2.24) is 9.97 Å². The number of imidazole rings is 1. The highest BCUT2D eigenvalue weighted by molar-refractivity contribution is 5.91. The molecule has 0 unspecified atom stereocenters. The predicted octanol–water partition coefficient (Wildman–Crippen LogP) is 3.68. The number of aryl methyl sites for hydroxylation is 1. The second kappa shape index (κ2) is 7.73. The number of allylic oxidation sites excluding steroid dienone is 1. The quantitative estimate of drug-likeness (QED) is 0.414. The van der Waals surface area contributed by atoms with E-state index in [1.807, 2.05) is 30.0 Å². The van der Waals surface area contributed by atoms with E-state index >= 15 is 0 Å². The van der Waals surface area contributed by atoms with Gasteiger partial charge in [0.2, 0.25) is 0 Å². The number of H-pyrrole nitrogens is 1. The monoisotopic (exact) mass is 389 g/mol. The number of nitriles is 1. The van der Waals surface area contributed by atoms with Gasteiger partial charge in [-0.1, -0.05) is 12.1 Å². The number of anilines is 1. The molecule has 0 radical (unpaired) electrons. The Hall–Kier alpha value is -3.70. The number of morpholine rings is 1. The number of fused-ring (bicyclic) bond motifs is 1. The summed E-state index contributed by atoms with van der Waals surface area (Å²) in [5.41, 5.74) is 4.15. The Kier molecular flexibility index (Phi) is 4.97. The molecular weight excluding hydrogens is 370 g/mol. The van der Waals surface area contributed by atoms with Gasteiger partial charge >= 0.3 is 0 Å². The van der Waals surface area contributed by atoms with Crippen LogP contribution in [0.5, 0.6) is 0 Å². The van der Waals surface area contributed by atoms with E-state index in [-0.39, 0.29) is 5.69 Å². The van der Waals surface area contributed by atoms with Crippen LogP contribution in [0.4, 0.5) is 11.4 Å². The van der Waals surface area contributed by atoms with Crippen LogP contribution in [-0.2, 0) is 4.74 Å². The van der Waals surface area contributed by atoms with Crippen LogP contribution in [0.1, 0.15) is 17.0 Å². The summed E-state index contributed by atoms with van der Waals surface area (Å²) in [4.78, 5) is 20.8. The number of ether oxygens (including phenoxy) is 1. The van der Waals surface area contributed by atoms with Gasteiger partial charge in [-0.3, -0.25) is 10.1 Å². The molecule has 1 aliphatic rings. The summed E-state index contributed by atoms with van der Waals surface area (Å²) in [6, 6.07) is 12.9. The first-order valence-electron chi connectivity index (χ1n) is 9.25. The van der Waals surface area contributed by atoms with Crippen LogP contribution < -0.4 is 4.90 Å². The Morgan fingerprint density at radius 2 is 2.10 bits per heavy atom. The summed E-state index contributed by atoms with van der Waals surface area (Å²) in [5, 5.41) is 21.3. The van der Waals surface area contributed by atoms with Gasteiger partial charge in [-0.25, -0.2) is 4.98 Å². The van der Waals surface area contributed by atoms with Crippen molar-refractivity contribution in [3.63, 3.8) is 0 Å². The topological polar surface area (TPSA) is 108 Å². The Balaban J connectivity index is 1.72. The van der Waals surface area contributed by atoms with Crippen molar-refractivity contribution in [2.45, 2.75) is 6.92 Å². The third-order valence-corrected chi connectivity index (χ3v) is 4.87. The third kappa shape index (κ3) is 3.81. The molecule has 8 nitrogen and oxygen atoms in total. The van der Waals surface area contributed by atoms with E-state index in [0.717, 1.165) is 16.6 Å². The second-order valence-electron chi connectivity index (χ2n) is 6.88. The molecule has 2 heterocycles. The number of hydrogen-bond donors (Lipinski definition) is 1. The normalized spacial score (nSPS) is 14.8. The number of nitrogens with zero attached hydrogens (tertiary/aromatic N) is 4. The second-order valence-corrected chi connectivity index (χ2v) is 6.88. The number of nitro groups is 1. The van der Waals surface area contributed by atoms with Gasteiger partial charge in [-0.2, -0.15) is 5.26 Å². The van der Waals surface area contributed by atoms with E-state index in [0.29, 0.717) is 49.0 Å². The van der Waals surface area contributed by atoms with Crippen molar-refractivity contribution >= 4 is 34.1 Å². The molecule has 1 aliphatic heterocycles. The molecule has 8 heteroatoms. The summed E-state index contributed by atoms with van der Waals surface area (Å²) in [5.74, 6) is 0.438. The summed E-state index contributed by atoms with van der Waals surface area (Å²) in [6.45, 7) is 4.29. The van der Waals surface area contributed by atoms with Gasteiger partial charge in [-0.15, -0.1) is 0 Å². The lowest BCUT2D eigenvalue weighted by Gasteiger charge is -2.28. The number of nitro benzene ring substituents is 1. The van der Waals surface area contributed by atoms with Gasteiger partial charge in [-0.05, 0) is 42.3 Å². The van der Waals surface area contributed by atoms with E-state index < -0.39 is 4.92 Å². The minimum Gasteiger partial charge on any atom is -0.378 e. The fourth-order valence-corrected chi connectivity index (χ4v) is 3.42. The molecule has 4 rings (SSSR count). The largest absolute Gasteiger partial charge is 0.378 e. The molecule has 0 bridgehead atoms. The summed E-state index contributed by atoms with van der Waals surface area (Å²) < 4.78 is 5.33. The third-order valence-electron chi connectivity index (χ3n) is 4.87. The van der Waals surface area contributed by atoms with Gasteiger partial charge in [0.25, 0.3) is 5.69 Å². The van der Waals surface area contributed by atoms with Crippen molar-refractivity contribution < 1.29 is 9.66 Å². The molecular formula is C21H19N5O3. The molecule has 0 amide bonds. The lowest BCUT2D eigenvalue weighted by Crippen LogP contribution is -2.36. The molecule has 0 saturated carbocycles. The number of aromatic nitrogens is 2. The van der Waals surface area contributed by atoms with E-state index in [1.165, 1.54) is 6.07 Å². The van der Waals surface area contributed by atoms with E-state index in [9.17, 15) is 15.4 Å². The van der Waals surface area contributed by atoms with Crippen LogP contribution in [0.2, 0.25) is 0 Å². The molecule has 29 heavy (non-hydrogen) atoms. The van der Waals surface area contributed by atoms with Crippen LogP contribution in [0, 0.1) is 28.4 Å². The number of rotatable bonds is 4. The van der Waals surface area contributed by atoms with Crippen LogP contribution in [-0.4, -0.2) is 41.2 Å². The van der Waals surface area contributed by atoms with Crippen molar-refractivity contribution in [3.05, 3.63) is 63.5 Å². The van der Waals surface area contributed by atoms with Crippen molar-refractivity contribution in [3.8, 4) is 6.07 Å². The standard InChI is InChI=1S/C21H19N5O3/c1-14-2-4-17-18(10-14)24-21(23-17)16(13-22)11-15-3-5-19(20(12-15)26(27)28)25-6-8-29-9-7-25/h2-5,10-12H,6-9H2,1H3,(H,23,24)/b16-11+. The van der Waals surface area contributed by atoms with Crippen molar-refractivity contribution in [2.24, 2.45) is 0 Å². The zero-order valence-corrected chi connectivity index (χ0v) is 15.9. The first-order chi connectivity index (χ1) is 14.0. The molecule has 0 aliphatic carbocycles. The molecule has 2 aromatic carbocycles. The highest BCUT2D eigenvalue weighted by Gasteiger charge is 2.22. The summed E-state index contributed by atoms with van der Waals surface area (Å²) >= 11 is 0. The van der Waals surface area contributed by atoms with E-state index in [2.05, 4.69) is 16.0 Å². The van der Waals surface area contributed by atoms with Gasteiger partial charge in [0.15, 0.2) is 0 Å². The predicted molar refractivity (Wildman–Crippen MR) is 110 cm³/mol. The van der Waals surface area contributed by atoms with Crippen LogP contribution in [0.3, 0.4) is 0 Å². The fourth-order valence-electron chi connectivity index (χ4n) is 3.42. The lowest BCUT2D eigenvalue weighted by atomic mass is 10.1. The van der Waals surface area contributed by atoms with E-state index in [1.54, 1.807) is 18.2 Å². The SMILES string of the molecule is Cc1ccc2nc(/C(C#N)=C/c3ccc(N4CCOCC4)c([N+](=O)[O-])c3)[nH]c2c1. The molecule has 146 valence electrons. The van der Waals surface area contributed by atoms with Crippen LogP contribution in [0.15, 0.2) is 36.4 Å². The number of hydrogen-bond acceptors (Lipinski definition) is 6. The zero-order chi connectivity index (χ0) is 20.4. The molecule has 0 spiro atoms. The lowest BCUT2D eigenvalue weighted by molar-refractivity contribution is -0.384. The van der Waals surface area contributed by atoms with E-state index in [4.69, 9.17) is 4.74 Å². The molecule has 3 aromatic rings. The highest BCUT2D eigenvalue weighted by Crippen LogP contribution is 2.31. The Labute approximate surface area is 167 Å². The molecule has 1 aromatic heterocycles. The Morgan fingerprint density at radius 3 is 2.83 bits per heavy atom. The summed E-state index contributed by atoms with van der Waals surface area (Å²) in [6.07, 6.45) is 1.61. The Morgan fingerprint density at radius 1 is 1.31 bits per heavy atom. The molecule has 1 saturated heterocycles. The highest BCUT2D eigenvalue weighted by atomic mass is 16.6. The molecule has 0 atom stereocenters. The first kappa shape index (κ1) is 18.7. The minimum atomic E-state index is -0.391. The summed E-state index contributed by atoms with van der Waals surface area (Å²) in [7, 11) is 0. The Bertz CT molecular complexity index is 1150. The number of aromatic amines is 1. The zero-order valence-electron chi connectivity index (χ0n) is 15.9.